The topological polar surface area (TPSA) is 81.4 Å². The molecule has 122 valence electrons. The number of aromatic nitrogens is 4. The van der Waals surface area contributed by atoms with Crippen LogP contribution in [0.1, 0.15) is 33.9 Å². The predicted octanol–water partition coefficient (Wildman–Crippen LogP) is 2.18. The Labute approximate surface area is 138 Å². The van der Waals surface area contributed by atoms with E-state index >= 15 is 0 Å². The number of hydrogen-bond acceptors (Lipinski definition) is 5. The summed E-state index contributed by atoms with van der Waals surface area (Å²) in [6, 6.07) is 5.50. The number of amides is 1. The third-order valence-corrected chi connectivity index (χ3v) is 4.17. The standard InChI is InChI=1S/C17H17N5O2/c1-10-18-15-14(7-4-8-22(15)21-10)19-16(23)12-9-11-5-3-6-13(11)20-17(12)24-2/h4,7-9H,3,5-6H2,1-2H3,(H,19,23). The zero-order valence-electron chi connectivity index (χ0n) is 13.5. The summed E-state index contributed by atoms with van der Waals surface area (Å²) in [5, 5.41) is 7.15. The summed E-state index contributed by atoms with van der Waals surface area (Å²) in [6.45, 7) is 1.81. The van der Waals surface area contributed by atoms with E-state index in [9.17, 15) is 4.79 Å². The van der Waals surface area contributed by atoms with Gasteiger partial charge in [0.15, 0.2) is 5.65 Å². The third-order valence-electron chi connectivity index (χ3n) is 4.17. The van der Waals surface area contributed by atoms with Gasteiger partial charge in [0, 0.05) is 11.9 Å². The molecule has 0 saturated carbocycles. The van der Waals surface area contributed by atoms with Crippen LogP contribution in [0.3, 0.4) is 0 Å². The summed E-state index contributed by atoms with van der Waals surface area (Å²) >= 11 is 0. The van der Waals surface area contributed by atoms with Crippen LogP contribution in [0.25, 0.3) is 5.65 Å². The molecule has 0 unspecified atom stereocenters. The molecule has 0 bridgehead atoms. The van der Waals surface area contributed by atoms with E-state index in [2.05, 4.69) is 20.4 Å². The molecule has 4 rings (SSSR count). The van der Waals surface area contributed by atoms with E-state index in [1.165, 1.54) is 7.11 Å². The van der Waals surface area contributed by atoms with Gasteiger partial charge in [-0.25, -0.2) is 14.5 Å². The Morgan fingerprint density at radius 1 is 1.33 bits per heavy atom. The van der Waals surface area contributed by atoms with Crippen LogP contribution in [0.15, 0.2) is 24.4 Å². The fourth-order valence-electron chi connectivity index (χ4n) is 3.07. The molecule has 0 aromatic carbocycles. The molecule has 3 heterocycles. The molecule has 3 aromatic rings. The zero-order valence-corrected chi connectivity index (χ0v) is 13.5. The van der Waals surface area contributed by atoms with Gasteiger partial charge in [0.2, 0.25) is 5.88 Å². The summed E-state index contributed by atoms with van der Waals surface area (Å²) in [5.74, 6) is 0.744. The Morgan fingerprint density at radius 3 is 3.04 bits per heavy atom. The Bertz CT molecular complexity index is 948. The van der Waals surface area contributed by atoms with Crippen molar-refractivity contribution in [3.05, 3.63) is 47.0 Å². The zero-order chi connectivity index (χ0) is 16.7. The second-order valence-corrected chi connectivity index (χ2v) is 5.81. The first-order chi connectivity index (χ1) is 11.7. The minimum absolute atomic E-state index is 0.261. The maximum absolute atomic E-state index is 12.8. The second kappa shape index (κ2) is 5.59. The smallest absolute Gasteiger partial charge is 0.261 e. The van der Waals surface area contributed by atoms with Crippen molar-refractivity contribution in [3.63, 3.8) is 0 Å². The quantitative estimate of drug-likeness (QED) is 0.799. The Hall–Kier alpha value is -2.96. The fourth-order valence-corrected chi connectivity index (χ4v) is 3.07. The molecule has 0 saturated heterocycles. The first-order valence-corrected chi connectivity index (χ1v) is 7.86. The van der Waals surface area contributed by atoms with Crippen LogP contribution in [0.2, 0.25) is 0 Å². The number of hydrogen-bond donors (Lipinski definition) is 1. The van der Waals surface area contributed by atoms with Gasteiger partial charge in [0.25, 0.3) is 5.91 Å². The predicted molar refractivity (Wildman–Crippen MR) is 88.5 cm³/mol. The first kappa shape index (κ1) is 14.6. The summed E-state index contributed by atoms with van der Waals surface area (Å²) in [6.07, 6.45) is 4.74. The highest BCUT2D eigenvalue weighted by molar-refractivity contribution is 6.07. The summed E-state index contributed by atoms with van der Waals surface area (Å²) in [5.41, 5.74) is 3.80. The molecule has 24 heavy (non-hydrogen) atoms. The molecule has 1 amide bonds. The lowest BCUT2D eigenvalue weighted by atomic mass is 10.1. The molecule has 0 spiro atoms. The molecule has 7 nitrogen and oxygen atoms in total. The third kappa shape index (κ3) is 2.38. The van der Waals surface area contributed by atoms with Crippen molar-refractivity contribution in [2.75, 3.05) is 12.4 Å². The number of nitrogens with zero attached hydrogens (tertiary/aromatic N) is 4. The van der Waals surface area contributed by atoms with E-state index in [0.29, 0.717) is 28.6 Å². The van der Waals surface area contributed by atoms with Crippen molar-refractivity contribution >= 4 is 17.2 Å². The normalized spacial score (nSPS) is 13.1. The lowest BCUT2D eigenvalue weighted by Gasteiger charge is -2.11. The van der Waals surface area contributed by atoms with Crippen molar-refractivity contribution in [2.24, 2.45) is 0 Å². The Kier molecular flexibility index (Phi) is 3.41. The van der Waals surface area contributed by atoms with Crippen molar-refractivity contribution in [3.8, 4) is 5.88 Å². The van der Waals surface area contributed by atoms with Crippen LogP contribution >= 0.6 is 0 Å². The average molecular weight is 323 g/mol. The first-order valence-electron chi connectivity index (χ1n) is 7.86. The number of carbonyl (C=O) groups is 1. The van der Waals surface area contributed by atoms with Crippen molar-refractivity contribution < 1.29 is 9.53 Å². The number of ether oxygens (including phenoxy) is 1. The highest BCUT2D eigenvalue weighted by atomic mass is 16.5. The molecule has 0 aliphatic heterocycles. The number of carbonyl (C=O) groups excluding carboxylic acids is 1. The number of nitrogens with one attached hydrogen (secondary N) is 1. The Morgan fingerprint density at radius 2 is 2.21 bits per heavy atom. The van der Waals surface area contributed by atoms with E-state index < -0.39 is 0 Å². The molecule has 1 N–H and O–H groups in total. The summed E-state index contributed by atoms with van der Waals surface area (Å²) in [4.78, 5) is 21.6. The van der Waals surface area contributed by atoms with Gasteiger partial charge in [-0.2, -0.15) is 5.10 Å². The van der Waals surface area contributed by atoms with E-state index in [1.807, 2.05) is 19.1 Å². The van der Waals surface area contributed by atoms with Crippen LogP contribution in [-0.2, 0) is 12.8 Å². The van der Waals surface area contributed by atoms with Crippen LogP contribution in [-0.4, -0.2) is 32.6 Å². The van der Waals surface area contributed by atoms with Crippen LogP contribution in [0.4, 0.5) is 5.69 Å². The van der Waals surface area contributed by atoms with Gasteiger partial charge in [0.1, 0.15) is 11.4 Å². The lowest BCUT2D eigenvalue weighted by molar-refractivity contribution is 0.102. The van der Waals surface area contributed by atoms with Crippen molar-refractivity contribution in [1.82, 2.24) is 19.6 Å². The lowest BCUT2D eigenvalue weighted by Crippen LogP contribution is -2.15. The SMILES string of the molecule is COc1nc2c(cc1C(=O)Nc1cccn3nc(C)nc13)CCC2. The highest BCUT2D eigenvalue weighted by Gasteiger charge is 2.21. The van der Waals surface area contributed by atoms with Gasteiger partial charge < -0.3 is 10.1 Å². The molecule has 0 fully saturated rings. The monoisotopic (exact) mass is 323 g/mol. The Balaban J connectivity index is 1.71. The van der Waals surface area contributed by atoms with Crippen LogP contribution in [0.5, 0.6) is 5.88 Å². The average Bonchev–Trinajstić information content (AvgIpc) is 3.18. The number of methoxy groups -OCH3 is 1. The number of fused-ring (bicyclic) bond motifs is 2. The molecular weight excluding hydrogens is 306 g/mol. The van der Waals surface area contributed by atoms with Gasteiger partial charge in [-0.15, -0.1) is 0 Å². The van der Waals surface area contributed by atoms with Gasteiger partial charge >= 0.3 is 0 Å². The largest absolute Gasteiger partial charge is 0.480 e. The van der Waals surface area contributed by atoms with Gasteiger partial charge in [0.05, 0.1) is 12.8 Å². The molecule has 3 aromatic heterocycles. The van der Waals surface area contributed by atoms with E-state index in [4.69, 9.17) is 4.74 Å². The summed E-state index contributed by atoms with van der Waals surface area (Å²) in [7, 11) is 1.53. The molecule has 0 atom stereocenters. The maximum atomic E-state index is 12.8. The van der Waals surface area contributed by atoms with Crippen LogP contribution < -0.4 is 10.1 Å². The molecular formula is C17H17N5O2. The number of rotatable bonds is 3. The van der Waals surface area contributed by atoms with E-state index in [1.54, 1.807) is 16.8 Å². The van der Waals surface area contributed by atoms with Gasteiger partial charge in [-0.05, 0) is 49.9 Å². The van der Waals surface area contributed by atoms with Crippen molar-refractivity contribution in [2.45, 2.75) is 26.2 Å². The van der Waals surface area contributed by atoms with Gasteiger partial charge in [-0.1, -0.05) is 0 Å². The maximum Gasteiger partial charge on any atom is 0.261 e. The van der Waals surface area contributed by atoms with Crippen LogP contribution in [0, 0.1) is 6.92 Å². The fraction of sp³-hybridized carbons (Fsp3) is 0.294. The molecule has 0 radical (unpaired) electrons. The molecule has 1 aliphatic carbocycles. The highest BCUT2D eigenvalue weighted by Crippen LogP contribution is 2.27. The molecule has 1 aliphatic rings. The second-order valence-electron chi connectivity index (χ2n) is 5.81. The van der Waals surface area contributed by atoms with E-state index in [-0.39, 0.29) is 5.91 Å². The van der Waals surface area contributed by atoms with Crippen molar-refractivity contribution in [1.29, 1.82) is 0 Å². The minimum atomic E-state index is -0.261. The number of anilines is 1. The molecule has 7 heteroatoms. The minimum Gasteiger partial charge on any atom is -0.480 e. The number of pyridine rings is 2. The van der Waals surface area contributed by atoms with Gasteiger partial charge in [-0.3, -0.25) is 4.79 Å². The van der Waals surface area contributed by atoms with E-state index in [0.717, 1.165) is 30.5 Å². The summed E-state index contributed by atoms with van der Waals surface area (Å²) < 4.78 is 6.96. The number of aryl methyl sites for hydroxylation is 3.